The molecule has 0 aliphatic heterocycles. The number of carbonyl (C=O) groups excluding carboxylic acids is 3. The summed E-state index contributed by atoms with van der Waals surface area (Å²) in [6, 6.07) is 0. The zero-order valence-electron chi connectivity index (χ0n) is 39.5. The molecule has 0 aromatic rings. The Balaban J connectivity index is 4.31. The minimum Gasteiger partial charge on any atom is -0.462 e. The topological polar surface area (TPSA) is 78.9 Å². The van der Waals surface area contributed by atoms with Gasteiger partial charge in [-0.1, -0.05) is 231 Å². The number of hydrogen-bond acceptors (Lipinski definition) is 6. The maximum absolute atomic E-state index is 12.7. The molecule has 0 aromatic carbocycles. The van der Waals surface area contributed by atoms with Crippen molar-refractivity contribution in [2.45, 2.75) is 284 Å². The van der Waals surface area contributed by atoms with Gasteiger partial charge in [-0.05, 0) is 51.4 Å². The van der Waals surface area contributed by atoms with Crippen LogP contribution in [0.5, 0.6) is 0 Å². The second-order valence-corrected chi connectivity index (χ2v) is 17.4. The zero-order chi connectivity index (χ0) is 43.0. The molecule has 0 fully saturated rings. The molecule has 0 bridgehead atoms. The molecule has 0 aliphatic carbocycles. The fraction of sp³-hybridized carbons (Fsp3) is 0.868. The van der Waals surface area contributed by atoms with Crippen LogP contribution in [0.3, 0.4) is 0 Å². The molecule has 0 spiro atoms. The SMILES string of the molecule is CCCCC/C=C\C/C=C\CCCCCCCCCC(=O)OC[C@H](COC(=O)CCCCCCCCCCCCCCC)OC(=O)CCCCCCCCCCCCC. The quantitative estimate of drug-likeness (QED) is 0.0263. The summed E-state index contributed by atoms with van der Waals surface area (Å²) in [7, 11) is 0. The van der Waals surface area contributed by atoms with Crippen LogP contribution in [0.2, 0.25) is 0 Å². The average Bonchev–Trinajstić information content (AvgIpc) is 3.23. The lowest BCUT2D eigenvalue weighted by molar-refractivity contribution is -0.167. The fourth-order valence-corrected chi connectivity index (χ4v) is 7.53. The highest BCUT2D eigenvalue weighted by molar-refractivity contribution is 5.71. The second kappa shape index (κ2) is 48.6. The largest absolute Gasteiger partial charge is 0.462 e. The molecule has 6 nitrogen and oxygen atoms in total. The van der Waals surface area contributed by atoms with Gasteiger partial charge in [0.25, 0.3) is 0 Å². The predicted octanol–water partition coefficient (Wildman–Crippen LogP) is 16.8. The molecule has 0 rings (SSSR count). The number of hydrogen-bond donors (Lipinski definition) is 0. The highest BCUT2D eigenvalue weighted by Crippen LogP contribution is 2.16. The van der Waals surface area contributed by atoms with E-state index in [1.807, 2.05) is 0 Å². The molecule has 0 radical (unpaired) electrons. The van der Waals surface area contributed by atoms with Gasteiger partial charge in [-0.2, -0.15) is 0 Å². The van der Waals surface area contributed by atoms with Gasteiger partial charge in [0, 0.05) is 19.3 Å². The molecule has 0 unspecified atom stereocenters. The van der Waals surface area contributed by atoms with Gasteiger partial charge in [-0.3, -0.25) is 14.4 Å². The van der Waals surface area contributed by atoms with Crippen molar-refractivity contribution in [2.24, 2.45) is 0 Å². The molecular weight excluding hydrogens is 733 g/mol. The molecule has 0 heterocycles. The molecule has 0 saturated carbocycles. The third kappa shape index (κ3) is 46.8. The van der Waals surface area contributed by atoms with Crippen molar-refractivity contribution in [3.8, 4) is 0 Å². The van der Waals surface area contributed by atoms with Crippen LogP contribution in [0.25, 0.3) is 0 Å². The summed E-state index contributed by atoms with van der Waals surface area (Å²) in [6.07, 6.45) is 54.4. The van der Waals surface area contributed by atoms with Gasteiger partial charge >= 0.3 is 17.9 Å². The summed E-state index contributed by atoms with van der Waals surface area (Å²) >= 11 is 0. The number of carbonyl (C=O) groups is 3. The van der Waals surface area contributed by atoms with Crippen molar-refractivity contribution < 1.29 is 28.6 Å². The fourth-order valence-electron chi connectivity index (χ4n) is 7.53. The summed E-state index contributed by atoms with van der Waals surface area (Å²) in [4.78, 5) is 37.9. The summed E-state index contributed by atoms with van der Waals surface area (Å²) < 4.78 is 16.8. The van der Waals surface area contributed by atoms with E-state index >= 15 is 0 Å². The Labute approximate surface area is 366 Å². The highest BCUT2D eigenvalue weighted by Gasteiger charge is 2.19. The molecule has 0 aliphatic rings. The van der Waals surface area contributed by atoms with Gasteiger partial charge in [-0.25, -0.2) is 0 Å². The molecule has 0 aromatic heterocycles. The Morgan fingerprint density at radius 2 is 0.610 bits per heavy atom. The van der Waals surface area contributed by atoms with E-state index in [1.165, 1.54) is 167 Å². The maximum Gasteiger partial charge on any atom is 0.306 e. The summed E-state index contributed by atoms with van der Waals surface area (Å²) in [5, 5.41) is 0. The first-order chi connectivity index (χ1) is 29.0. The van der Waals surface area contributed by atoms with Crippen LogP contribution < -0.4 is 0 Å². The summed E-state index contributed by atoms with van der Waals surface area (Å²) in [6.45, 7) is 6.62. The maximum atomic E-state index is 12.7. The van der Waals surface area contributed by atoms with Crippen molar-refractivity contribution in [1.82, 2.24) is 0 Å². The van der Waals surface area contributed by atoms with Crippen LogP contribution in [-0.4, -0.2) is 37.2 Å². The first kappa shape index (κ1) is 56.9. The second-order valence-electron chi connectivity index (χ2n) is 17.4. The first-order valence-electron chi connectivity index (χ1n) is 25.8. The molecule has 59 heavy (non-hydrogen) atoms. The molecule has 1 atom stereocenters. The van der Waals surface area contributed by atoms with Crippen molar-refractivity contribution >= 4 is 17.9 Å². The Kier molecular flexibility index (Phi) is 46.8. The van der Waals surface area contributed by atoms with Crippen molar-refractivity contribution in [3.63, 3.8) is 0 Å². The minimum atomic E-state index is -0.767. The van der Waals surface area contributed by atoms with Gasteiger partial charge in [0.15, 0.2) is 6.10 Å². The Hall–Kier alpha value is -2.11. The molecule has 0 amide bonds. The number of ether oxygens (including phenoxy) is 3. The average molecular weight is 831 g/mol. The van der Waals surface area contributed by atoms with E-state index in [4.69, 9.17) is 14.2 Å². The van der Waals surface area contributed by atoms with E-state index in [0.717, 1.165) is 70.6 Å². The molecule has 6 heteroatoms. The highest BCUT2D eigenvalue weighted by atomic mass is 16.6. The normalized spacial score (nSPS) is 12.1. The van der Waals surface area contributed by atoms with Crippen LogP contribution in [0, 0.1) is 0 Å². The van der Waals surface area contributed by atoms with Crippen LogP contribution in [0.1, 0.15) is 278 Å². The zero-order valence-corrected chi connectivity index (χ0v) is 39.5. The predicted molar refractivity (Wildman–Crippen MR) is 252 cm³/mol. The van der Waals surface area contributed by atoms with Crippen LogP contribution in [-0.2, 0) is 28.6 Å². The van der Waals surface area contributed by atoms with Gasteiger partial charge in [0.05, 0.1) is 0 Å². The van der Waals surface area contributed by atoms with E-state index < -0.39 is 6.10 Å². The van der Waals surface area contributed by atoms with E-state index in [-0.39, 0.29) is 31.1 Å². The lowest BCUT2D eigenvalue weighted by atomic mass is 10.0. The van der Waals surface area contributed by atoms with E-state index in [1.54, 1.807) is 0 Å². The lowest BCUT2D eigenvalue weighted by Crippen LogP contribution is -2.30. The van der Waals surface area contributed by atoms with Gasteiger partial charge < -0.3 is 14.2 Å². The summed E-state index contributed by atoms with van der Waals surface area (Å²) in [5.74, 6) is -0.864. The molecule has 0 N–H and O–H groups in total. The van der Waals surface area contributed by atoms with E-state index in [2.05, 4.69) is 45.1 Å². The van der Waals surface area contributed by atoms with Crippen LogP contribution in [0.4, 0.5) is 0 Å². The Bertz CT molecular complexity index is 958. The third-order valence-electron chi connectivity index (χ3n) is 11.5. The first-order valence-corrected chi connectivity index (χ1v) is 25.8. The number of unbranched alkanes of at least 4 members (excludes halogenated alkanes) is 32. The standard InChI is InChI=1S/C53H98O6/c1-4-7-10-13-16-19-22-24-25-26-27-29-32-34-37-40-43-46-52(55)58-49-50(59-53(56)47-44-41-38-35-30-21-18-15-12-9-6-3)48-57-51(54)45-42-39-36-33-31-28-23-20-17-14-11-8-5-2/h16,19,24-25,50H,4-15,17-18,20-23,26-49H2,1-3H3/b19-16-,25-24-/t50-/m0/s1. The van der Waals surface area contributed by atoms with Gasteiger partial charge in [-0.15, -0.1) is 0 Å². The van der Waals surface area contributed by atoms with Gasteiger partial charge in [0.1, 0.15) is 13.2 Å². The molecule has 346 valence electrons. The van der Waals surface area contributed by atoms with Crippen LogP contribution in [0.15, 0.2) is 24.3 Å². The number of esters is 3. The van der Waals surface area contributed by atoms with Crippen LogP contribution >= 0.6 is 0 Å². The lowest BCUT2D eigenvalue weighted by Gasteiger charge is -2.18. The number of rotatable bonds is 47. The van der Waals surface area contributed by atoms with E-state index in [9.17, 15) is 14.4 Å². The van der Waals surface area contributed by atoms with Crippen molar-refractivity contribution in [2.75, 3.05) is 13.2 Å². The Morgan fingerprint density at radius 1 is 0.339 bits per heavy atom. The van der Waals surface area contributed by atoms with E-state index in [0.29, 0.717) is 19.3 Å². The molecule has 0 saturated heterocycles. The monoisotopic (exact) mass is 831 g/mol. The number of allylic oxidation sites excluding steroid dienone is 4. The van der Waals surface area contributed by atoms with Crippen molar-refractivity contribution in [3.05, 3.63) is 24.3 Å². The minimum absolute atomic E-state index is 0.0689. The third-order valence-corrected chi connectivity index (χ3v) is 11.5. The molecular formula is C53H98O6. The van der Waals surface area contributed by atoms with Crippen molar-refractivity contribution in [1.29, 1.82) is 0 Å². The summed E-state index contributed by atoms with van der Waals surface area (Å²) in [5.41, 5.74) is 0. The smallest absolute Gasteiger partial charge is 0.306 e. The Morgan fingerprint density at radius 3 is 0.966 bits per heavy atom. The van der Waals surface area contributed by atoms with Gasteiger partial charge in [0.2, 0.25) is 0 Å².